The number of piperazine rings is 1. The Bertz CT molecular complexity index is 875. The van der Waals surface area contributed by atoms with Crippen LogP contribution in [0.4, 0.5) is 10.8 Å². The Kier molecular flexibility index (Phi) is 8.68. The highest BCUT2D eigenvalue weighted by molar-refractivity contribution is 8.01. The first-order valence-electron chi connectivity index (χ1n) is 10.5. The molecule has 8 nitrogen and oxygen atoms in total. The van der Waals surface area contributed by atoms with Gasteiger partial charge in [-0.2, -0.15) is 0 Å². The maximum absolute atomic E-state index is 12.5. The zero-order chi connectivity index (χ0) is 22.2. The third-order valence-corrected chi connectivity index (χ3v) is 7.09. The van der Waals surface area contributed by atoms with Gasteiger partial charge in [-0.3, -0.25) is 14.5 Å². The Morgan fingerprint density at radius 1 is 1.13 bits per heavy atom. The molecule has 1 aromatic carbocycles. The number of carbonyl (C=O) groups is 2. The van der Waals surface area contributed by atoms with Crippen LogP contribution in [-0.4, -0.2) is 76.8 Å². The van der Waals surface area contributed by atoms with Gasteiger partial charge in [0.2, 0.25) is 16.9 Å². The van der Waals surface area contributed by atoms with E-state index in [2.05, 4.69) is 32.7 Å². The molecule has 2 amide bonds. The van der Waals surface area contributed by atoms with Crippen LogP contribution in [0.3, 0.4) is 0 Å². The summed E-state index contributed by atoms with van der Waals surface area (Å²) in [6.45, 7) is 9.95. The van der Waals surface area contributed by atoms with Crippen molar-refractivity contribution in [1.29, 1.82) is 0 Å². The number of anilines is 2. The van der Waals surface area contributed by atoms with E-state index in [1.807, 2.05) is 36.9 Å². The summed E-state index contributed by atoms with van der Waals surface area (Å²) in [5.74, 6) is 0.439. The van der Waals surface area contributed by atoms with E-state index < -0.39 is 0 Å². The smallest absolute Gasteiger partial charge is 0.238 e. The molecule has 1 aromatic heterocycles. The van der Waals surface area contributed by atoms with Gasteiger partial charge < -0.3 is 15.5 Å². The summed E-state index contributed by atoms with van der Waals surface area (Å²) in [6.07, 6.45) is 1.03. The van der Waals surface area contributed by atoms with Gasteiger partial charge >= 0.3 is 0 Å². The Labute approximate surface area is 191 Å². The fourth-order valence-electron chi connectivity index (χ4n) is 3.34. The van der Waals surface area contributed by atoms with Gasteiger partial charge in [-0.25, -0.2) is 0 Å². The number of benzene rings is 1. The predicted molar refractivity (Wildman–Crippen MR) is 127 cm³/mol. The fraction of sp³-hybridized carbons (Fsp3) is 0.524. The van der Waals surface area contributed by atoms with E-state index in [-0.39, 0.29) is 11.8 Å². The van der Waals surface area contributed by atoms with Crippen LogP contribution in [0.25, 0.3) is 0 Å². The Hall–Kier alpha value is -2.17. The normalized spacial score (nSPS) is 14.5. The minimum atomic E-state index is -0.0171. The topological polar surface area (TPSA) is 90.5 Å². The lowest BCUT2D eigenvalue weighted by Crippen LogP contribution is -2.50. The van der Waals surface area contributed by atoms with Gasteiger partial charge in [0.1, 0.15) is 0 Å². The van der Waals surface area contributed by atoms with Crippen LogP contribution in [0.5, 0.6) is 0 Å². The summed E-state index contributed by atoms with van der Waals surface area (Å²) in [4.78, 5) is 29.0. The molecular weight excluding hydrogens is 432 g/mol. The molecule has 0 bridgehead atoms. The molecule has 1 aliphatic heterocycles. The van der Waals surface area contributed by atoms with Gasteiger partial charge in [0, 0.05) is 38.4 Å². The second kappa shape index (κ2) is 11.4. The number of carbonyl (C=O) groups excluding carboxylic acids is 2. The van der Waals surface area contributed by atoms with Crippen molar-refractivity contribution in [2.24, 2.45) is 0 Å². The first-order valence-corrected chi connectivity index (χ1v) is 12.3. The molecule has 31 heavy (non-hydrogen) atoms. The number of rotatable bonds is 9. The lowest BCUT2D eigenvalue weighted by atomic mass is 10.1. The second-order valence-corrected chi connectivity index (χ2v) is 9.76. The van der Waals surface area contributed by atoms with Gasteiger partial charge in [0.25, 0.3) is 0 Å². The van der Waals surface area contributed by atoms with Crippen molar-refractivity contribution in [2.45, 2.75) is 31.5 Å². The number of thioether (sulfide) groups is 1. The van der Waals surface area contributed by atoms with Crippen molar-refractivity contribution >= 4 is 45.7 Å². The summed E-state index contributed by atoms with van der Waals surface area (Å²) in [5.41, 5.74) is 3.01. The number of amides is 2. The van der Waals surface area contributed by atoms with Gasteiger partial charge in [-0.15, -0.1) is 10.2 Å². The van der Waals surface area contributed by atoms with Crippen LogP contribution >= 0.6 is 23.1 Å². The van der Waals surface area contributed by atoms with E-state index in [0.29, 0.717) is 38.5 Å². The van der Waals surface area contributed by atoms with E-state index in [9.17, 15) is 9.59 Å². The van der Waals surface area contributed by atoms with E-state index in [0.717, 1.165) is 39.3 Å². The molecule has 3 rings (SSSR count). The molecule has 1 saturated heterocycles. The molecule has 0 atom stereocenters. The fourth-order valence-corrected chi connectivity index (χ4v) is 5.02. The monoisotopic (exact) mass is 462 g/mol. The molecule has 0 unspecified atom stereocenters. The number of aryl methyl sites for hydroxylation is 2. The van der Waals surface area contributed by atoms with Crippen molar-refractivity contribution in [2.75, 3.05) is 55.7 Å². The molecule has 0 radical (unpaired) electrons. The Morgan fingerprint density at radius 3 is 2.52 bits per heavy atom. The molecule has 0 spiro atoms. The van der Waals surface area contributed by atoms with Crippen LogP contribution in [0.15, 0.2) is 22.5 Å². The summed E-state index contributed by atoms with van der Waals surface area (Å²) in [6, 6.07) is 5.98. The third-order valence-electron chi connectivity index (χ3n) is 5.09. The van der Waals surface area contributed by atoms with Crippen LogP contribution in [0.1, 0.15) is 24.5 Å². The lowest BCUT2D eigenvalue weighted by Gasteiger charge is -2.34. The van der Waals surface area contributed by atoms with Gasteiger partial charge in [0.05, 0.1) is 12.3 Å². The summed E-state index contributed by atoms with van der Waals surface area (Å²) < 4.78 is 0.800. The molecular formula is C21H30N6O2S2. The predicted octanol–water partition coefficient (Wildman–Crippen LogP) is 2.85. The third kappa shape index (κ3) is 6.91. The van der Waals surface area contributed by atoms with E-state index >= 15 is 0 Å². The molecule has 2 aromatic rings. The minimum Gasteiger partial charge on any atom is -0.360 e. The number of hydrogen-bond donors (Lipinski definition) is 2. The zero-order valence-corrected chi connectivity index (χ0v) is 19.9. The standard InChI is InChI=1S/C21H30N6O2S2/c1-4-8-22-20-24-25-21(31-20)30-14-18(29)27-11-9-26(10-12-27)13-17(28)23-19-15(2)6-5-7-16(19)3/h5-7H,4,8-14H2,1-3H3,(H,22,24)(H,23,28). The second-order valence-electron chi connectivity index (χ2n) is 7.56. The summed E-state index contributed by atoms with van der Waals surface area (Å²) in [7, 11) is 0. The molecule has 2 heterocycles. The van der Waals surface area contributed by atoms with E-state index in [1.165, 1.54) is 23.1 Å². The Morgan fingerprint density at radius 2 is 1.84 bits per heavy atom. The van der Waals surface area contributed by atoms with Crippen molar-refractivity contribution in [3.8, 4) is 0 Å². The first-order chi connectivity index (χ1) is 15.0. The minimum absolute atomic E-state index is 0.0171. The first kappa shape index (κ1) is 23.5. The summed E-state index contributed by atoms with van der Waals surface area (Å²) in [5, 5.41) is 15.2. The summed E-state index contributed by atoms with van der Waals surface area (Å²) >= 11 is 2.91. The maximum atomic E-state index is 12.5. The molecule has 0 aliphatic carbocycles. The largest absolute Gasteiger partial charge is 0.360 e. The average Bonchev–Trinajstić information content (AvgIpc) is 3.21. The molecule has 0 saturated carbocycles. The van der Waals surface area contributed by atoms with E-state index in [4.69, 9.17) is 0 Å². The van der Waals surface area contributed by atoms with Gasteiger partial charge in [-0.1, -0.05) is 48.2 Å². The number of nitrogens with zero attached hydrogens (tertiary/aromatic N) is 4. The molecule has 1 fully saturated rings. The highest BCUT2D eigenvalue weighted by Gasteiger charge is 2.23. The van der Waals surface area contributed by atoms with Crippen LogP contribution in [0.2, 0.25) is 0 Å². The van der Waals surface area contributed by atoms with Crippen LogP contribution in [0, 0.1) is 13.8 Å². The maximum Gasteiger partial charge on any atom is 0.238 e. The number of hydrogen-bond acceptors (Lipinski definition) is 8. The van der Waals surface area contributed by atoms with E-state index in [1.54, 1.807) is 0 Å². The van der Waals surface area contributed by atoms with Crippen molar-refractivity contribution in [3.05, 3.63) is 29.3 Å². The van der Waals surface area contributed by atoms with Gasteiger partial charge in [-0.05, 0) is 31.4 Å². The quantitative estimate of drug-likeness (QED) is 0.554. The zero-order valence-electron chi connectivity index (χ0n) is 18.3. The van der Waals surface area contributed by atoms with Crippen molar-refractivity contribution in [3.63, 3.8) is 0 Å². The average molecular weight is 463 g/mol. The number of aromatic nitrogens is 2. The van der Waals surface area contributed by atoms with Crippen molar-refractivity contribution in [1.82, 2.24) is 20.0 Å². The van der Waals surface area contributed by atoms with Crippen molar-refractivity contribution < 1.29 is 9.59 Å². The molecule has 10 heteroatoms. The molecule has 2 N–H and O–H groups in total. The highest BCUT2D eigenvalue weighted by Crippen LogP contribution is 2.25. The highest BCUT2D eigenvalue weighted by atomic mass is 32.2. The van der Waals surface area contributed by atoms with Crippen LogP contribution < -0.4 is 10.6 Å². The number of para-hydroxylation sites is 1. The lowest BCUT2D eigenvalue weighted by molar-refractivity contribution is -0.130. The number of nitrogens with one attached hydrogen (secondary N) is 2. The van der Waals surface area contributed by atoms with Crippen LogP contribution in [-0.2, 0) is 9.59 Å². The molecule has 168 valence electrons. The van der Waals surface area contributed by atoms with Gasteiger partial charge in [0.15, 0.2) is 4.34 Å². The Balaban J connectivity index is 1.39. The SMILES string of the molecule is CCCNc1nnc(SCC(=O)N2CCN(CC(=O)Nc3c(C)cccc3C)CC2)s1. The molecule has 1 aliphatic rings.